The monoisotopic (exact) mass is 432 g/mol. The fourth-order valence-electron chi connectivity index (χ4n) is 2.88. The lowest BCUT2D eigenvalue weighted by molar-refractivity contribution is -0.137. The summed E-state index contributed by atoms with van der Waals surface area (Å²) in [5.74, 6) is 0.772. The molecule has 2 aromatic carbocycles. The van der Waals surface area contributed by atoms with Crippen molar-refractivity contribution in [1.29, 1.82) is 0 Å². The number of hydrogen-bond acceptors (Lipinski definition) is 7. The molecule has 8 nitrogen and oxygen atoms in total. The highest BCUT2D eigenvalue weighted by Gasteiger charge is 2.30. The van der Waals surface area contributed by atoms with Gasteiger partial charge in [-0.05, 0) is 70.6 Å². The molecule has 0 fully saturated rings. The zero-order chi connectivity index (χ0) is 21.3. The first-order valence-corrected chi connectivity index (χ1v) is 9.75. The molecule has 2 aromatic heterocycles. The molecular formula is C18H15F3N8S. The molecule has 0 amide bonds. The van der Waals surface area contributed by atoms with Crippen molar-refractivity contribution < 1.29 is 13.2 Å². The Hall–Kier alpha value is -3.28. The van der Waals surface area contributed by atoms with Crippen molar-refractivity contribution in [2.24, 2.45) is 0 Å². The highest BCUT2D eigenvalue weighted by Crippen LogP contribution is 2.30. The lowest BCUT2D eigenvalue weighted by Gasteiger charge is -2.09. The largest absolute Gasteiger partial charge is 0.416 e. The van der Waals surface area contributed by atoms with Gasteiger partial charge in [0.15, 0.2) is 5.82 Å². The van der Waals surface area contributed by atoms with E-state index in [2.05, 4.69) is 31.1 Å². The number of rotatable bonds is 5. The lowest BCUT2D eigenvalue weighted by atomic mass is 10.1. The van der Waals surface area contributed by atoms with E-state index >= 15 is 0 Å². The summed E-state index contributed by atoms with van der Waals surface area (Å²) >= 11 is 1.32. The molecule has 30 heavy (non-hydrogen) atoms. The maximum atomic E-state index is 12.8. The molecule has 4 rings (SSSR count). The molecule has 0 aliphatic carbocycles. The summed E-state index contributed by atoms with van der Waals surface area (Å²) in [4.78, 5) is 0. The predicted molar refractivity (Wildman–Crippen MR) is 102 cm³/mol. The lowest BCUT2D eigenvalue weighted by Crippen LogP contribution is -2.07. The molecule has 4 aromatic rings. The fraction of sp³-hybridized carbons (Fsp3) is 0.222. The van der Waals surface area contributed by atoms with Crippen LogP contribution in [0.25, 0.3) is 11.4 Å². The molecule has 0 aliphatic heterocycles. The van der Waals surface area contributed by atoms with E-state index in [1.54, 1.807) is 4.68 Å². The molecule has 0 atom stereocenters. The fourth-order valence-corrected chi connectivity index (χ4v) is 3.67. The topological polar surface area (TPSA) is 87.2 Å². The Labute approximate surface area is 173 Å². The zero-order valence-corrected chi connectivity index (χ0v) is 16.7. The normalized spacial score (nSPS) is 11.8. The van der Waals surface area contributed by atoms with E-state index in [1.165, 1.54) is 28.6 Å². The second kappa shape index (κ2) is 7.86. The van der Waals surface area contributed by atoms with Gasteiger partial charge in [0, 0.05) is 0 Å². The minimum atomic E-state index is -4.40. The SMILES string of the molecule is Cc1ccc(-n2nnnc2SCc2nnnn2-c2ccc(C(F)(F)F)cc2)c(C)c1. The zero-order valence-electron chi connectivity index (χ0n) is 15.9. The molecule has 0 aliphatic rings. The van der Waals surface area contributed by atoms with Crippen molar-refractivity contribution in [1.82, 2.24) is 40.4 Å². The number of aromatic nitrogens is 8. The third kappa shape index (κ3) is 4.03. The molecule has 0 saturated carbocycles. The van der Waals surface area contributed by atoms with Crippen molar-refractivity contribution in [2.75, 3.05) is 0 Å². The molecular weight excluding hydrogens is 417 g/mol. The Balaban J connectivity index is 1.55. The second-order valence-corrected chi connectivity index (χ2v) is 7.45. The number of nitrogens with zero attached hydrogens (tertiary/aromatic N) is 8. The summed E-state index contributed by atoms with van der Waals surface area (Å²) < 4.78 is 41.3. The Bertz CT molecular complexity index is 1170. The second-order valence-electron chi connectivity index (χ2n) is 6.50. The van der Waals surface area contributed by atoms with Gasteiger partial charge in [0.05, 0.1) is 22.7 Å². The molecule has 0 radical (unpaired) electrons. The quantitative estimate of drug-likeness (QED) is 0.446. The summed E-state index contributed by atoms with van der Waals surface area (Å²) in [6.07, 6.45) is -4.40. The van der Waals surface area contributed by atoms with Crippen LogP contribution in [0.5, 0.6) is 0 Å². The first kappa shape index (κ1) is 20.0. The molecule has 154 valence electrons. The third-order valence-corrected chi connectivity index (χ3v) is 5.24. The molecule has 2 heterocycles. The van der Waals surface area contributed by atoms with Crippen LogP contribution in [-0.2, 0) is 11.9 Å². The van der Waals surface area contributed by atoms with Gasteiger partial charge in [-0.25, -0.2) is 0 Å². The summed E-state index contributed by atoms with van der Waals surface area (Å²) in [6, 6.07) is 10.6. The van der Waals surface area contributed by atoms with Crippen molar-refractivity contribution in [3.8, 4) is 11.4 Å². The smallest absolute Gasteiger partial charge is 0.196 e. The minimum Gasteiger partial charge on any atom is -0.196 e. The van der Waals surface area contributed by atoms with E-state index in [4.69, 9.17) is 0 Å². The number of benzene rings is 2. The molecule has 0 bridgehead atoms. The maximum absolute atomic E-state index is 12.8. The molecule has 0 spiro atoms. The van der Waals surface area contributed by atoms with Crippen LogP contribution in [0, 0.1) is 13.8 Å². The van der Waals surface area contributed by atoms with Crippen LogP contribution >= 0.6 is 11.8 Å². The molecule has 12 heteroatoms. The van der Waals surface area contributed by atoms with Crippen LogP contribution in [0.2, 0.25) is 0 Å². The average molecular weight is 432 g/mol. The highest BCUT2D eigenvalue weighted by atomic mass is 32.2. The van der Waals surface area contributed by atoms with Crippen LogP contribution < -0.4 is 0 Å². The summed E-state index contributed by atoms with van der Waals surface area (Å²) in [5, 5.41) is 23.9. The summed E-state index contributed by atoms with van der Waals surface area (Å²) in [5.41, 5.74) is 2.71. The Morgan fingerprint density at radius 1 is 0.900 bits per heavy atom. The van der Waals surface area contributed by atoms with Crippen LogP contribution in [0.3, 0.4) is 0 Å². The number of thioether (sulfide) groups is 1. The third-order valence-electron chi connectivity index (χ3n) is 4.33. The van der Waals surface area contributed by atoms with E-state index in [9.17, 15) is 13.2 Å². The highest BCUT2D eigenvalue weighted by molar-refractivity contribution is 7.98. The summed E-state index contributed by atoms with van der Waals surface area (Å²) in [7, 11) is 0. The van der Waals surface area contributed by atoms with E-state index in [0.29, 0.717) is 22.4 Å². The van der Waals surface area contributed by atoms with Crippen molar-refractivity contribution in [2.45, 2.75) is 30.9 Å². The Kier molecular flexibility index (Phi) is 5.24. The van der Waals surface area contributed by atoms with Crippen molar-refractivity contribution in [3.63, 3.8) is 0 Å². The van der Waals surface area contributed by atoms with E-state index in [1.807, 2.05) is 32.0 Å². The first-order chi connectivity index (χ1) is 14.3. The van der Waals surface area contributed by atoms with Crippen LogP contribution in [0.15, 0.2) is 47.6 Å². The minimum absolute atomic E-state index is 0.319. The van der Waals surface area contributed by atoms with Gasteiger partial charge in [-0.3, -0.25) is 0 Å². The number of halogens is 3. The first-order valence-electron chi connectivity index (χ1n) is 8.76. The van der Waals surface area contributed by atoms with Gasteiger partial charge < -0.3 is 0 Å². The van der Waals surface area contributed by atoms with E-state index in [-0.39, 0.29) is 0 Å². The van der Waals surface area contributed by atoms with Gasteiger partial charge in [0.1, 0.15) is 0 Å². The van der Waals surface area contributed by atoms with E-state index < -0.39 is 11.7 Å². The predicted octanol–water partition coefficient (Wildman–Crippen LogP) is 3.57. The number of aryl methyl sites for hydroxylation is 2. The van der Waals surface area contributed by atoms with Crippen LogP contribution in [0.4, 0.5) is 13.2 Å². The molecule has 0 N–H and O–H groups in total. The van der Waals surface area contributed by atoms with Gasteiger partial charge in [-0.1, -0.05) is 29.5 Å². The number of alkyl halides is 3. The molecule has 0 saturated heterocycles. The maximum Gasteiger partial charge on any atom is 0.416 e. The molecule has 0 unspecified atom stereocenters. The van der Waals surface area contributed by atoms with Gasteiger partial charge in [0.2, 0.25) is 5.16 Å². The van der Waals surface area contributed by atoms with Crippen LogP contribution in [0.1, 0.15) is 22.5 Å². The van der Waals surface area contributed by atoms with Crippen molar-refractivity contribution >= 4 is 11.8 Å². The Morgan fingerprint density at radius 3 is 2.30 bits per heavy atom. The van der Waals surface area contributed by atoms with E-state index in [0.717, 1.165) is 28.9 Å². The standard InChI is InChI=1S/C18H15F3N8S/c1-11-3-8-15(12(2)9-11)29-17(23-25-27-29)30-10-16-22-24-26-28(16)14-6-4-13(5-7-14)18(19,20)21/h3-9H,10H2,1-2H3. The Morgan fingerprint density at radius 2 is 1.60 bits per heavy atom. The van der Waals surface area contributed by atoms with Gasteiger partial charge >= 0.3 is 6.18 Å². The summed E-state index contributed by atoms with van der Waals surface area (Å²) in [6.45, 7) is 3.98. The van der Waals surface area contributed by atoms with Crippen LogP contribution in [-0.4, -0.2) is 40.4 Å². The average Bonchev–Trinajstić information content (AvgIpc) is 3.35. The number of hydrogen-bond donors (Lipinski definition) is 0. The number of tetrazole rings is 2. The van der Waals surface area contributed by atoms with Gasteiger partial charge in [0.25, 0.3) is 0 Å². The van der Waals surface area contributed by atoms with Gasteiger partial charge in [-0.15, -0.1) is 10.2 Å². The van der Waals surface area contributed by atoms with Crippen molar-refractivity contribution in [3.05, 3.63) is 65.0 Å². The van der Waals surface area contributed by atoms with Gasteiger partial charge in [-0.2, -0.15) is 22.5 Å².